The van der Waals surface area contributed by atoms with Crippen molar-refractivity contribution in [3.8, 4) is 0 Å². The second kappa shape index (κ2) is 6.22. The van der Waals surface area contributed by atoms with Crippen LogP contribution in [0.25, 0.3) is 10.8 Å². The first kappa shape index (κ1) is 14.1. The number of pyridine rings is 1. The van der Waals surface area contributed by atoms with E-state index in [1.165, 1.54) is 29.3 Å². The summed E-state index contributed by atoms with van der Waals surface area (Å²) >= 11 is 0. The summed E-state index contributed by atoms with van der Waals surface area (Å²) in [7, 11) is 0. The lowest BCUT2D eigenvalue weighted by Crippen LogP contribution is -2.32. The van der Waals surface area contributed by atoms with Gasteiger partial charge in [0, 0.05) is 40.9 Å². The summed E-state index contributed by atoms with van der Waals surface area (Å²) in [5.41, 5.74) is 7.16. The number of hydrogen-bond donors (Lipinski definition) is 2. The highest BCUT2D eigenvalue weighted by Crippen LogP contribution is 2.26. The van der Waals surface area contributed by atoms with Crippen LogP contribution in [0.5, 0.6) is 0 Å². The van der Waals surface area contributed by atoms with Gasteiger partial charge >= 0.3 is 0 Å². The summed E-state index contributed by atoms with van der Waals surface area (Å²) in [6.07, 6.45) is 8.36. The largest absolute Gasteiger partial charge is 0.382 e. The van der Waals surface area contributed by atoms with Gasteiger partial charge in [0.25, 0.3) is 0 Å². The van der Waals surface area contributed by atoms with E-state index in [-0.39, 0.29) is 12.4 Å². The Morgan fingerprint density at radius 2 is 1.89 bits per heavy atom. The molecule has 3 nitrogen and oxygen atoms in total. The number of nitrogens with zero attached hydrogens (tertiary/aromatic N) is 1. The standard InChI is InChI=1S/C15H19N3.ClH/c16-12-4-6-13(7-5-12)18-15-3-1-2-11-10-17-9-8-14(11)15;/h1-3,8-10,12-13,18H,4-7,16H2;1H/t12-,13+;. The molecule has 1 aromatic carbocycles. The molecule has 2 aromatic rings. The van der Waals surface area contributed by atoms with Gasteiger partial charge in [-0.3, -0.25) is 4.98 Å². The maximum Gasteiger partial charge on any atom is 0.0423 e. The van der Waals surface area contributed by atoms with Gasteiger partial charge in [0.05, 0.1) is 0 Å². The van der Waals surface area contributed by atoms with Gasteiger partial charge in [0.1, 0.15) is 0 Å². The number of anilines is 1. The smallest absolute Gasteiger partial charge is 0.0423 e. The van der Waals surface area contributed by atoms with Gasteiger partial charge in [0.2, 0.25) is 0 Å². The second-order valence-electron chi connectivity index (χ2n) is 5.16. The predicted molar refractivity (Wildman–Crippen MR) is 82.8 cm³/mol. The van der Waals surface area contributed by atoms with Crippen LogP contribution in [-0.2, 0) is 0 Å². The molecular weight excluding hydrogens is 258 g/mol. The van der Waals surface area contributed by atoms with Crippen molar-refractivity contribution < 1.29 is 0 Å². The highest BCUT2D eigenvalue weighted by molar-refractivity contribution is 5.93. The zero-order valence-corrected chi connectivity index (χ0v) is 11.7. The van der Waals surface area contributed by atoms with Crippen LogP contribution in [0.1, 0.15) is 25.7 Å². The minimum absolute atomic E-state index is 0. The Morgan fingerprint density at radius 1 is 1.11 bits per heavy atom. The van der Waals surface area contributed by atoms with E-state index >= 15 is 0 Å². The molecule has 0 aliphatic heterocycles. The Labute approximate surface area is 120 Å². The van der Waals surface area contributed by atoms with Crippen LogP contribution < -0.4 is 11.1 Å². The number of aromatic nitrogens is 1. The lowest BCUT2D eigenvalue weighted by atomic mass is 9.91. The van der Waals surface area contributed by atoms with Crippen LogP contribution in [-0.4, -0.2) is 17.1 Å². The lowest BCUT2D eigenvalue weighted by Gasteiger charge is -2.28. The van der Waals surface area contributed by atoms with Gasteiger partial charge < -0.3 is 11.1 Å². The predicted octanol–water partition coefficient (Wildman–Crippen LogP) is 3.34. The topological polar surface area (TPSA) is 50.9 Å². The lowest BCUT2D eigenvalue weighted by molar-refractivity contribution is 0.411. The van der Waals surface area contributed by atoms with Crippen molar-refractivity contribution >= 4 is 28.9 Å². The fourth-order valence-electron chi connectivity index (χ4n) is 2.73. The van der Waals surface area contributed by atoms with Gasteiger partial charge in [-0.1, -0.05) is 12.1 Å². The van der Waals surface area contributed by atoms with E-state index in [9.17, 15) is 0 Å². The van der Waals surface area contributed by atoms with Crippen molar-refractivity contribution in [2.45, 2.75) is 37.8 Å². The number of nitrogens with two attached hydrogens (primary N) is 1. The molecular formula is C15H20ClN3. The van der Waals surface area contributed by atoms with Crippen LogP contribution >= 0.6 is 12.4 Å². The van der Waals surface area contributed by atoms with E-state index in [2.05, 4.69) is 34.6 Å². The first-order valence-electron chi connectivity index (χ1n) is 6.68. The molecule has 1 heterocycles. The molecule has 0 atom stereocenters. The molecule has 1 aromatic heterocycles. The first-order chi connectivity index (χ1) is 8.83. The Kier molecular flexibility index (Phi) is 4.61. The Bertz CT molecular complexity index is 530. The van der Waals surface area contributed by atoms with E-state index in [1.54, 1.807) is 0 Å². The number of halogens is 1. The van der Waals surface area contributed by atoms with E-state index in [4.69, 9.17) is 5.73 Å². The SMILES string of the molecule is Cl.N[C@H]1CC[C@@H](Nc2cccc3cnccc23)CC1. The van der Waals surface area contributed by atoms with Crippen LogP contribution in [0.4, 0.5) is 5.69 Å². The minimum Gasteiger partial charge on any atom is -0.382 e. The summed E-state index contributed by atoms with van der Waals surface area (Å²) in [4.78, 5) is 4.17. The third-order valence-corrected chi connectivity index (χ3v) is 3.81. The normalized spacial score (nSPS) is 22.8. The molecule has 0 spiro atoms. The van der Waals surface area contributed by atoms with Gasteiger partial charge in [0.15, 0.2) is 0 Å². The van der Waals surface area contributed by atoms with E-state index in [1.807, 2.05) is 12.4 Å². The number of fused-ring (bicyclic) bond motifs is 1. The van der Waals surface area contributed by atoms with Gasteiger partial charge in [-0.25, -0.2) is 0 Å². The van der Waals surface area contributed by atoms with Gasteiger partial charge in [-0.2, -0.15) is 0 Å². The van der Waals surface area contributed by atoms with Crippen molar-refractivity contribution in [1.29, 1.82) is 0 Å². The van der Waals surface area contributed by atoms with Crippen LogP contribution in [0, 0.1) is 0 Å². The summed E-state index contributed by atoms with van der Waals surface area (Å²) in [5, 5.41) is 6.10. The van der Waals surface area contributed by atoms with Gasteiger partial charge in [-0.15, -0.1) is 12.4 Å². The molecule has 1 saturated carbocycles. The molecule has 3 rings (SSSR count). The zero-order chi connectivity index (χ0) is 12.4. The Morgan fingerprint density at radius 3 is 2.68 bits per heavy atom. The van der Waals surface area contributed by atoms with Crippen LogP contribution in [0.15, 0.2) is 36.7 Å². The van der Waals surface area contributed by atoms with E-state index in [0.717, 1.165) is 12.8 Å². The zero-order valence-electron chi connectivity index (χ0n) is 10.9. The summed E-state index contributed by atoms with van der Waals surface area (Å²) in [6, 6.07) is 9.37. The number of nitrogens with one attached hydrogen (secondary N) is 1. The molecule has 1 fully saturated rings. The fourth-order valence-corrected chi connectivity index (χ4v) is 2.73. The van der Waals surface area contributed by atoms with Crippen molar-refractivity contribution in [2.24, 2.45) is 5.73 Å². The quantitative estimate of drug-likeness (QED) is 0.885. The molecule has 0 radical (unpaired) electrons. The molecule has 4 heteroatoms. The monoisotopic (exact) mass is 277 g/mol. The highest BCUT2D eigenvalue weighted by Gasteiger charge is 2.18. The molecule has 1 aliphatic rings. The molecule has 102 valence electrons. The summed E-state index contributed by atoms with van der Waals surface area (Å²) < 4.78 is 0. The first-order valence-corrected chi connectivity index (χ1v) is 6.68. The Hall–Kier alpha value is -1.32. The fraction of sp³-hybridized carbons (Fsp3) is 0.400. The van der Waals surface area contributed by atoms with Crippen molar-refractivity contribution in [1.82, 2.24) is 4.98 Å². The minimum atomic E-state index is 0. The van der Waals surface area contributed by atoms with Crippen molar-refractivity contribution in [3.05, 3.63) is 36.7 Å². The number of benzene rings is 1. The highest BCUT2D eigenvalue weighted by atomic mass is 35.5. The maximum absolute atomic E-state index is 5.94. The van der Waals surface area contributed by atoms with Crippen LogP contribution in [0.2, 0.25) is 0 Å². The van der Waals surface area contributed by atoms with Crippen molar-refractivity contribution in [2.75, 3.05) is 5.32 Å². The molecule has 0 bridgehead atoms. The summed E-state index contributed by atoms with van der Waals surface area (Å²) in [5.74, 6) is 0. The van der Waals surface area contributed by atoms with E-state index < -0.39 is 0 Å². The summed E-state index contributed by atoms with van der Waals surface area (Å²) in [6.45, 7) is 0. The number of rotatable bonds is 2. The average molecular weight is 278 g/mol. The average Bonchev–Trinajstić information content (AvgIpc) is 2.42. The third-order valence-electron chi connectivity index (χ3n) is 3.81. The van der Waals surface area contributed by atoms with Gasteiger partial charge in [-0.05, 0) is 37.8 Å². The van der Waals surface area contributed by atoms with Crippen LogP contribution in [0.3, 0.4) is 0 Å². The molecule has 1 aliphatic carbocycles. The Balaban J connectivity index is 0.00000133. The number of hydrogen-bond acceptors (Lipinski definition) is 3. The molecule has 0 unspecified atom stereocenters. The van der Waals surface area contributed by atoms with E-state index in [0.29, 0.717) is 12.1 Å². The molecule has 3 N–H and O–H groups in total. The molecule has 19 heavy (non-hydrogen) atoms. The maximum atomic E-state index is 5.94. The molecule has 0 saturated heterocycles. The third kappa shape index (κ3) is 3.17. The second-order valence-corrected chi connectivity index (χ2v) is 5.16. The molecule has 0 amide bonds. The van der Waals surface area contributed by atoms with Crippen molar-refractivity contribution in [3.63, 3.8) is 0 Å².